The van der Waals surface area contributed by atoms with Gasteiger partial charge in [-0.25, -0.2) is 9.37 Å². The third-order valence-corrected chi connectivity index (χ3v) is 6.60. The van der Waals surface area contributed by atoms with Gasteiger partial charge in [0.05, 0.1) is 11.1 Å². The monoisotopic (exact) mass is 425 g/mol. The van der Waals surface area contributed by atoms with Gasteiger partial charge in [-0.05, 0) is 50.8 Å². The average molecular weight is 426 g/mol. The molecule has 1 saturated carbocycles. The Labute approximate surface area is 183 Å². The van der Waals surface area contributed by atoms with Gasteiger partial charge in [0.2, 0.25) is 5.91 Å². The molecule has 0 unspecified atom stereocenters. The van der Waals surface area contributed by atoms with Crippen molar-refractivity contribution in [2.75, 3.05) is 18.0 Å². The average Bonchev–Trinajstić information content (AvgIpc) is 2.76. The van der Waals surface area contributed by atoms with E-state index < -0.39 is 0 Å². The van der Waals surface area contributed by atoms with E-state index in [9.17, 15) is 9.18 Å². The Morgan fingerprint density at radius 2 is 1.81 bits per heavy atom. The summed E-state index contributed by atoms with van der Waals surface area (Å²) in [7, 11) is 0. The smallest absolute Gasteiger partial charge is 0.222 e. The lowest BCUT2D eigenvalue weighted by molar-refractivity contribution is -0.117. The minimum Gasteiger partial charge on any atom is -0.356 e. The molecule has 0 radical (unpaired) electrons. The van der Waals surface area contributed by atoms with Crippen molar-refractivity contribution in [2.24, 2.45) is 0 Å². The number of hydrogen-bond donors (Lipinski definition) is 3. The lowest BCUT2D eigenvalue weighted by Crippen LogP contribution is -2.47. The molecule has 6 nitrogen and oxygen atoms in total. The van der Waals surface area contributed by atoms with E-state index in [0.29, 0.717) is 34.5 Å². The van der Waals surface area contributed by atoms with Crippen LogP contribution in [0.25, 0.3) is 10.9 Å². The predicted octanol–water partition coefficient (Wildman–Crippen LogP) is 4.03. The van der Waals surface area contributed by atoms with Crippen molar-refractivity contribution in [3.63, 3.8) is 0 Å². The molecule has 1 saturated heterocycles. The number of fused-ring (bicyclic) bond motifs is 1. The number of carbonyl (C=O) groups excluding carboxylic acids is 1. The Kier molecular flexibility index (Phi) is 6.51. The molecule has 3 N–H and O–H groups in total. The fourth-order valence-electron chi connectivity index (χ4n) is 4.88. The Bertz CT molecular complexity index is 978. The number of aromatic nitrogens is 1. The van der Waals surface area contributed by atoms with Crippen molar-refractivity contribution < 1.29 is 9.18 Å². The summed E-state index contributed by atoms with van der Waals surface area (Å²) in [5.41, 5.74) is 1.69. The summed E-state index contributed by atoms with van der Waals surface area (Å²) in [4.78, 5) is 18.5. The van der Waals surface area contributed by atoms with Crippen LogP contribution < -0.4 is 15.5 Å². The number of rotatable bonds is 4. The van der Waals surface area contributed by atoms with Gasteiger partial charge >= 0.3 is 0 Å². The van der Waals surface area contributed by atoms with E-state index in [2.05, 4.69) is 15.5 Å². The first kappa shape index (κ1) is 21.7. The minimum absolute atomic E-state index is 0.0290. The Morgan fingerprint density at radius 1 is 1.13 bits per heavy atom. The normalized spacial score (nSPS) is 18.4. The number of benzene rings is 1. The van der Waals surface area contributed by atoms with Gasteiger partial charge in [0.1, 0.15) is 17.5 Å². The van der Waals surface area contributed by atoms with E-state index in [-0.39, 0.29) is 17.6 Å². The summed E-state index contributed by atoms with van der Waals surface area (Å²) < 4.78 is 14.2. The number of nitrogens with one attached hydrogen (secondary N) is 3. The fourth-order valence-corrected chi connectivity index (χ4v) is 4.88. The summed E-state index contributed by atoms with van der Waals surface area (Å²) in [6, 6.07) is 6.08. The number of amides is 1. The molecule has 1 aliphatic heterocycles. The fraction of sp³-hybridized carbons (Fsp3) is 0.542. The van der Waals surface area contributed by atoms with E-state index in [1.165, 1.54) is 45.1 Å². The number of carbonyl (C=O) groups is 1. The highest BCUT2D eigenvalue weighted by atomic mass is 19.1. The van der Waals surface area contributed by atoms with Crippen LogP contribution in [0.15, 0.2) is 18.2 Å². The summed E-state index contributed by atoms with van der Waals surface area (Å²) in [5.74, 6) is 0.102. The summed E-state index contributed by atoms with van der Waals surface area (Å²) in [6.45, 7) is 4.76. The first-order valence-electron chi connectivity index (χ1n) is 11.4. The van der Waals surface area contributed by atoms with Crippen LogP contribution in [-0.4, -0.2) is 41.9 Å². The number of piperidine rings is 1. The second-order valence-electron chi connectivity index (χ2n) is 8.92. The zero-order chi connectivity index (χ0) is 22.0. The van der Waals surface area contributed by atoms with Crippen molar-refractivity contribution in [3.05, 3.63) is 35.1 Å². The van der Waals surface area contributed by atoms with Gasteiger partial charge < -0.3 is 15.5 Å². The minimum atomic E-state index is -0.290. The van der Waals surface area contributed by atoms with Crippen molar-refractivity contribution in [2.45, 2.75) is 70.9 Å². The van der Waals surface area contributed by atoms with Crippen molar-refractivity contribution in [3.8, 4) is 0 Å². The van der Waals surface area contributed by atoms with Gasteiger partial charge in [0, 0.05) is 43.0 Å². The standard InChI is InChI=1S/C24H32FN5O/c1-15-21(25)9-8-17-14-20(23(26)27-16(2)31)24(29-22(15)17)30-12-10-19(11-13-30)28-18-6-4-3-5-7-18/h8-9,14,18-19,28H,3-7,10-13H2,1-2H3,(H2,26,27,31). The highest BCUT2D eigenvalue weighted by molar-refractivity contribution is 6.10. The zero-order valence-electron chi connectivity index (χ0n) is 18.4. The predicted molar refractivity (Wildman–Crippen MR) is 122 cm³/mol. The summed E-state index contributed by atoms with van der Waals surface area (Å²) in [6.07, 6.45) is 8.55. The second kappa shape index (κ2) is 9.30. The molecule has 1 amide bonds. The molecule has 2 heterocycles. The topological polar surface area (TPSA) is 81.1 Å². The van der Waals surface area contributed by atoms with Gasteiger partial charge in [-0.15, -0.1) is 0 Å². The lowest BCUT2D eigenvalue weighted by atomic mass is 9.93. The number of amidine groups is 1. The zero-order valence-corrected chi connectivity index (χ0v) is 18.4. The van der Waals surface area contributed by atoms with Gasteiger partial charge in [0.25, 0.3) is 0 Å². The van der Waals surface area contributed by atoms with Gasteiger partial charge in [-0.3, -0.25) is 10.2 Å². The van der Waals surface area contributed by atoms with Crippen LogP contribution in [0.1, 0.15) is 63.0 Å². The van der Waals surface area contributed by atoms with Crippen LogP contribution >= 0.6 is 0 Å². The maximum absolute atomic E-state index is 14.2. The molecule has 1 aromatic heterocycles. The molecule has 0 spiro atoms. The molecule has 1 aliphatic carbocycles. The number of nitrogens with zero attached hydrogens (tertiary/aromatic N) is 2. The number of pyridine rings is 1. The molecule has 31 heavy (non-hydrogen) atoms. The molecular weight excluding hydrogens is 393 g/mol. The van der Waals surface area contributed by atoms with Crippen LogP contribution in [0, 0.1) is 18.2 Å². The molecule has 2 aromatic rings. The van der Waals surface area contributed by atoms with Gasteiger partial charge in [-0.1, -0.05) is 19.3 Å². The maximum atomic E-state index is 14.2. The summed E-state index contributed by atoms with van der Waals surface area (Å²) in [5, 5.41) is 15.6. The van der Waals surface area contributed by atoms with Crippen LogP contribution in [0.3, 0.4) is 0 Å². The van der Waals surface area contributed by atoms with Crippen molar-refractivity contribution in [1.29, 1.82) is 5.41 Å². The molecular formula is C24H32FN5O. The second-order valence-corrected chi connectivity index (χ2v) is 8.92. The molecule has 166 valence electrons. The van der Waals surface area contributed by atoms with E-state index >= 15 is 0 Å². The van der Waals surface area contributed by atoms with E-state index in [1.54, 1.807) is 13.0 Å². The largest absolute Gasteiger partial charge is 0.356 e. The third kappa shape index (κ3) is 4.87. The lowest BCUT2D eigenvalue weighted by Gasteiger charge is -2.37. The number of anilines is 1. The Balaban J connectivity index is 1.58. The van der Waals surface area contributed by atoms with Gasteiger partial charge in [-0.2, -0.15) is 0 Å². The third-order valence-electron chi connectivity index (χ3n) is 6.60. The quantitative estimate of drug-likeness (QED) is 0.510. The molecule has 7 heteroatoms. The molecule has 0 atom stereocenters. The van der Waals surface area contributed by atoms with E-state index in [0.717, 1.165) is 31.3 Å². The maximum Gasteiger partial charge on any atom is 0.222 e. The first-order valence-corrected chi connectivity index (χ1v) is 11.4. The highest BCUT2D eigenvalue weighted by Gasteiger charge is 2.26. The van der Waals surface area contributed by atoms with Crippen LogP contribution in [0.4, 0.5) is 10.2 Å². The summed E-state index contributed by atoms with van der Waals surface area (Å²) >= 11 is 0. The molecule has 4 rings (SSSR count). The van der Waals surface area contributed by atoms with Crippen LogP contribution in [0.2, 0.25) is 0 Å². The van der Waals surface area contributed by atoms with Crippen LogP contribution in [0.5, 0.6) is 0 Å². The van der Waals surface area contributed by atoms with Crippen molar-refractivity contribution in [1.82, 2.24) is 15.6 Å². The SMILES string of the molecule is CC(=O)NC(=N)c1cc2ccc(F)c(C)c2nc1N1CCC(NC2CCCCC2)CC1. The number of halogens is 1. The number of hydrogen-bond acceptors (Lipinski definition) is 5. The van der Waals surface area contributed by atoms with Crippen LogP contribution in [-0.2, 0) is 4.79 Å². The van der Waals surface area contributed by atoms with E-state index in [1.807, 2.05) is 6.07 Å². The highest BCUT2D eigenvalue weighted by Crippen LogP contribution is 2.29. The Morgan fingerprint density at radius 3 is 2.48 bits per heavy atom. The van der Waals surface area contributed by atoms with Crippen molar-refractivity contribution >= 4 is 28.5 Å². The Hall–Kier alpha value is -2.54. The molecule has 0 bridgehead atoms. The van der Waals surface area contributed by atoms with Gasteiger partial charge in [0.15, 0.2) is 0 Å². The van der Waals surface area contributed by atoms with E-state index in [4.69, 9.17) is 10.4 Å². The number of aryl methyl sites for hydroxylation is 1. The molecule has 1 aromatic carbocycles. The molecule has 2 aliphatic rings. The molecule has 2 fully saturated rings. The first-order chi connectivity index (χ1) is 14.9.